The number of methoxy groups -OCH3 is 1. The van der Waals surface area contributed by atoms with Gasteiger partial charge in [0.15, 0.2) is 0 Å². The molecule has 0 fully saturated rings. The minimum absolute atomic E-state index is 0.112. The molecular weight excluding hydrogens is 341 g/mol. The smallest absolute Gasteiger partial charge is 0.328 e. The third-order valence-corrected chi connectivity index (χ3v) is 5.42. The van der Waals surface area contributed by atoms with Crippen LogP contribution in [0.4, 0.5) is 11.4 Å². The summed E-state index contributed by atoms with van der Waals surface area (Å²) in [5.74, 6) is 0.875. The molecule has 0 spiro atoms. The van der Waals surface area contributed by atoms with Crippen LogP contribution in [0.5, 0.6) is 5.75 Å². The number of ether oxygens (including phenoxy) is 1. The highest BCUT2D eigenvalue weighted by atomic mass is 16.5. The second kappa shape index (κ2) is 6.93. The molecule has 28 heavy (non-hydrogen) atoms. The lowest BCUT2D eigenvalue weighted by Crippen LogP contribution is -2.57. The Morgan fingerprint density at radius 3 is 2.11 bits per heavy atom. The Bertz CT molecular complexity index is 1110. The molecule has 0 aliphatic carbocycles. The Morgan fingerprint density at radius 1 is 0.679 bits per heavy atom. The van der Waals surface area contributed by atoms with Crippen molar-refractivity contribution in [3.05, 3.63) is 103 Å². The van der Waals surface area contributed by atoms with Crippen LogP contribution in [0.2, 0.25) is 0 Å². The molecular formula is C25H20BNO. The van der Waals surface area contributed by atoms with Gasteiger partial charge in [0.25, 0.3) is 0 Å². The number of para-hydroxylation sites is 1. The lowest BCUT2D eigenvalue weighted by Gasteiger charge is -2.39. The van der Waals surface area contributed by atoms with Gasteiger partial charge in [0.1, 0.15) is 5.75 Å². The summed E-state index contributed by atoms with van der Waals surface area (Å²) in [6.45, 7) is 0.112. The van der Waals surface area contributed by atoms with E-state index in [2.05, 4.69) is 102 Å². The van der Waals surface area contributed by atoms with Crippen LogP contribution in [0, 0.1) is 0 Å². The van der Waals surface area contributed by atoms with Crippen LogP contribution in [-0.4, -0.2) is 14.0 Å². The van der Waals surface area contributed by atoms with Gasteiger partial charge < -0.3 is 9.55 Å². The maximum absolute atomic E-state index is 5.53. The fourth-order valence-electron chi connectivity index (χ4n) is 4.17. The highest BCUT2D eigenvalue weighted by Gasteiger charge is 2.36. The molecule has 0 bridgehead atoms. The molecule has 0 unspecified atom stereocenters. The normalized spacial score (nSPS) is 12.3. The fraction of sp³-hybridized carbons (Fsp3) is 0.0400. The zero-order valence-corrected chi connectivity index (χ0v) is 15.7. The Balaban J connectivity index is 1.82. The van der Waals surface area contributed by atoms with Gasteiger partial charge in [-0.2, -0.15) is 0 Å². The van der Waals surface area contributed by atoms with Gasteiger partial charge in [0.2, 0.25) is 0 Å². The van der Waals surface area contributed by atoms with E-state index >= 15 is 0 Å². The highest BCUT2D eigenvalue weighted by molar-refractivity contribution is 6.90. The maximum Gasteiger partial charge on any atom is 0.328 e. The van der Waals surface area contributed by atoms with Gasteiger partial charge in [-0.3, -0.25) is 0 Å². The van der Waals surface area contributed by atoms with E-state index in [1.165, 1.54) is 33.4 Å². The van der Waals surface area contributed by atoms with E-state index in [4.69, 9.17) is 4.74 Å². The third-order valence-electron chi connectivity index (χ3n) is 5.42. The van der Waals surface area contributed by atoms with Crippen molar-refractivity contribution in [3.8, 4) is 16.9 Å². The molecule has 5 rings (SSSR count). The molecule has 0 N–H and O–H groups in total. The van der Waals surface area contributed by atoms with Crippen molar-refractivity contribution in [1.82, 2.24) is 0 Å². The number of benzene rings is 4. The number of fused-ring (bicyclic) bond motifs is 3. The lowest BCUT2D eigenvalue weighted by molar-refractivity contribution is 0.415. The molecule has 0 saturated carbocycles. The quantitative estimate of drug-likeness (QED) is 0.494. The number of hydrogen-bond acceptors (Lipinski definition) is 2. The van der Waals surface area contributed by atoms with Crippen LogP contribution in [0.25, 0.3) is 11.1 Å². The molecule has 0 atom stereocenters. The summed E-state index contributed by atoms with van der Waals surface area (Å²) in [7, 11) is 1.72. The van der Waals surface area contributed by atoms with Gasteiger partial charge in [-0.05, 0) is 41.4 Å². The molecule has 0 radical (unpaired) electrons. The van der Waals surface area contributed by atoms with Crippen molar-refractivity contribution in [2.45, 2.75) is 0 Å². The van der Waals surface area contributed by atoms with Crippen LogP contribution in [0.1, 0.15) is 0 Å². The molecule has 134 valence electrons. The molecule has 1 aliphatic rings. The van der Waals surface area contributed by atoms with E-state index in [0.717, 1.165) is 5.75 Å². The van der Waals surface area contributed by atoms with Crippen LogP contribution < -0.4 is 20.5 Å². The zero-order chi connectivity index (χ0) is 18.9. The minimum atomic E-state index is 0.112. The second-order valence-electron chi connectivity index (χ2n) is 6.99. The zero-order valence-electron chi connectivity index (χ0n) is 15.7. The molecule has 4 aromatic carbocycles. The van der Waals surface area contributed by atoms with Gasteiger partial charge in [-0.1, -0.05) is 78.3 Å². The minimum Gasteiger partial charge on any atom is -0.497 e. The molecule has 3 heteroatoms. The summed E-state index contributed by atoms with van der Waals surface area (Å²) in [6, 6.07) is 36.4. The first-order chi connectivity index (χ1) is 13.9. The van der Waals surface area contributed by atoms with Crippen molar-refractivity contribution in [2.75, 3.05) is 11.9 Å². The Labute approximate surface area is 166 Å². The summed E-state index contributed by atoms with van der Waals surface area (Å²) in [5, 5.41) is 0. The Morgan fingerprint density at radius 2 is 1.36 bits per heavy atom. The average Bonchev–Trinajstić information content (AvgIpc) is 2.79. The SMILES string of the molecule is COc1ccc2c(c1)-c1ccccc1B(c1ccccc1)N2c1ccccc1. The van der Waals surface area contributed by atoms with E-state index in [1.54, 1.807) is 7.11 Å². The molecule has 1 heterocycles. The Kier molecular flexibility index (Phi) is 4.14. The first-order valence-corrected chi connectivity index (χ1v) is 9.53. The second-order valence-corrected chi connectivity index (χ2v) is 6.99. The van der Waals surface area contributed by atoms with E-state index in [9.17, 15) is 0 Å². The van der Waals surface area contributed by atoms with E-state index in [-0.39, 0.29) is 6.85 Å². The van der Waals surface area contributed by atoms with Crippen molar-refractivity contribution in [2.24, 2.45) is 0 Å². The summed E-state index contributed by atoms with van der Waals surface area (Å²) in [6.07, 6.45) is 0. The standard InChI is InChI=1S/C25H20BNO/c1-28-21-16-17-25-23(18-21)22-14-8-9-15-24(22)26(19-10-4-2-5-11-19)27(25)20-12-6-3-7-13-20/h2-18H,1H3. The Hall–Kier alpha value is -3.46. The van der Waals surface area contributed by atoms with Crippen molar-refractivity contribution < 1.29 is 4.74 Å². The topological polar surface area (TPSA) is 12.5 Å². The predicted octanol–water partition coefficient (Wildman–Crippen LogP) is 4.62. The number of nitrogens with zero attached hydrogens (tertiary/aromatic N) is 1. The van der Waals surface area contributed by atoms with Crippen LogP contribution in [0.3, 0.4) is 0 Å². The van der Waals surface area contributed by atoms with Crippen molar-refractivity contribution in [1.29, 1.82) is 0 Å². The van der Waals surface area contributed by atoms with Crippen molar-refractivity contribution >= 4 is 29.1 Å². The fourth-order valence-corrected chi connectivity index (χ4v) is 4.17. The lowest BCUT2D eigenvalue weighted by atomic mass is 9.46. The number of anilines is 2. The molecule has 0 aromatic heterocycles. The molecule has 1 aliphatic heterocycles. The van der Waals surface area contributed by atoms with E-state index < -0.39 is 0 Å². The molecule has 2 nitrogen and oxygen atoms in total. The first kappa shape index (κ1) is 16.7. The van der Waals surface area contributed by atoms with Gasteiger partial charge in [0, 0.05) is 16.9 Å². The molecule has 0 amide bonds. The summed E-state index contributed by atoms with van der Waals surface area (Å²) < 4.78 is 5.53. The van der Waals surface area contributed by atoms with Crippen LogP contribution >= 0.6 is 0 Å². The highest BCUT2D eigenvalue weighted by Crippen LogP contribution is 2.41. The van der Waals surface area contributed by atoms with Gasteiger partial charge in [-0.15, -0.1) is 0 Å². The molecule has 4 aromatic rings. The van der Waals surface area contributed by atoms with Crippen LogP contribution in [-0.2, 0) is 0 Å². The average molecular weight is 361 g/mol. The van der Waals surface area contributed by atoms with Gasteiger partial charge >= 0.3 is 6.85 Å². The summed E-state index contributed by atoms with van der Waals surface area (Å²) >= 11 is 0. The van der Waals surface area contributed by atoms with Gasteiger partial charge in [-0.25, -0.2) is 0 Å². The first-order valence-electron chi connectivity index (χ1n) is 9.53. The maximum atomic E-state index is 5.53. The van der Waals surface area contributed by atoms with Crippen molar-refractivity contribution in [3.63, 3.8) is 0 Å². The number of hydrogen-bond donors (Lipinski definition) is 0. The van der Waals surface area contributed by atoms with E-state index in [1.807, 2.05) is 6.07 Å². The van der Waals surface area contributed by atoms with Gasteiger partial charge in [0.05, 0.1) is 7.11 Å². The third kappa shape index (κ3) is 2.68. The summed E-state index contributed by atoms with van der Waals surface area (Å²) in [5.41, 5.74) is 7.42. The summed E-state index contributed by atoms with van der Waals surface area (Å²) in [4.78, 5) is 2.44. The van der Waals surface area contributed by atoms with E-state index in [0.29, 0.717) is 0 Å². The monoisotopic (exact) mass is 361 g/mol. The predicted molar refractivity (Wildman–Crippen MR) is 118 cm³/mol. The van der Waals surface area contributed by atoms with Crippen LogP contribution in [0.15, 0.2) is 103 Å². The number of rotatable bonds is 3. The largest absolute Gasteiger partial charge is 0.497 e. The molecule has 0 saturated heterocycles.